The lowest BCUT2D eigenvalue weighted by molar-refractivity contribution is -0.122. The van der Waals surface area contributed by atoms with E-state index in [1.807, 2.05) is 55.5 Å². The zero-order valence-electron chi connectivity index (χ0n) is 13.7. The van der Waals surface area contributed by atoms with Crippen LogP contribution in [0.5, 0.6) is 5.75 Å². The molecule has 0 aromatic heterocycles. The third-order valence-electron chi connectivity index (χ3n) is 3.69. The van der Waals surface area contributed by atoms with Gasteiger partial charge in [-0.3, -0.25) is 4.79 Å². The van der Waals surface area contributed by atoms with Crippen molar-refractivity contribution in [3.63, 3.8) is 0 Å². The minimum absolute atomic E-state index is 0. The number of nitrogens with one attached hydrogen (secondary N) is 1. The van der Waals surface area contributed by atoms with Gasteiger partial charge in [-0.2, -0.15) is 0 Å². The molecule has 1 amide bonds. The number of benzene rings is 2. The summed E-state index contributed by atoms with van der Waals surface area (Å²) in [6, 6.07) is 15.0. The molecule has 2 atom stereocenters. The molecular formula is C18H22BrClN2O2. The quantitative estimate of drug-likeness (QED) is 0.748. The van der Waals surface area contributed by atoms with Gasteiger partial charge in [0.25, 0.3) is 0 Å². The van der Waals surface area contributed by atoms with Crippen molar-refractivity contribution in [1.82, 2.24) is 5.32 Å². The Morgan fingerprint density at radius 1 is 1.21 bits per heavy atom. The summed E-state index contributed by atoms with van der Waals surface area (Å²) in [6.07, 6.45) is 0.256. The van der Waals surface area contributed by atoms with Crippen LogP contribution in [0.1, 0.15) is 36.6 Å². The van der Waals surface area contributed by atoms with Crippen LogP contribution in [0.3, 0.4) is 0 Å². The fourth-order valence-electron chi connectivity index (χ4n) is 2.35. The Labute approximate surface area is 157 Å². The first-order valence-corrected chi connectivity index (χ1v) is 8.24. The summed E-state index contributed by atoms with van der Waals surface area (Å²) in [5.74, 6) is 0.694. The zero-order valence-corrected chi connectivity index (χ0v) is 16.1. The van der Waals surface area contributed by atoms with Crippen molar-refractivity contribution >= 4 is 34.2 Å². The van der Waals surface area contributed by atoms with Crippen LogP contribution in [0.25, 0.3) is 0 Å². The van der Waals surface area contributed by atoms with Crippen LogP contribution in [0.2, 0.25) is 0 Å². The Kier molecular flexibility index (Phi) is 8.25. The molecule has 0 aliphatic carbocycles. The highest BCUT2D eigenvalue weighted by atomic mass is 79.9. The zero-order chi connectivity index (χ0) is 16.8. The molecule has 0 heterocycles. The molecule has 0 bridgehead atoms. The van der Waals surface area contributed by atoms with Crippen molar-refractivity contribution in [2.24, 2.45) is 5.73 Å². The van der Waals surface area contributed by atoms with E-state index in [4.69, 9.17) is 10.5 Å². The van der Waals surface area contributed by atoms with Crippen LogP contribution in [0.4, 0.5) is 0 Å². The maximum Gasteiger partial charge on any atom is 0.222 e. The van der Waals surface area contributed by atoms with Crippen molar-refractivity contribution in [3.05, 3.63) is 64.1 Å². The number of hydrogen-bond donors (Lipinski definition) is 2. The SMILES string of the molecule is COc1ccc(C(C)NC(=O)CC(N)c2ccccc2)cc1Br.Cl. The van der Waals surface area contributed by atoms with Gasteiger partial charge in [-0.1, -0.05) is 36.4 Å². The van der Waals surface area contributed by atoms with Crippen molar-refractivity contribution < 1.29 is 9.53 Å². The van der Waals surface area contributed by atoms with E-state index in [1.54, 1.807) is 7.11 Å². The fourth-order valence-corrected chi connectivity index (χ4v) is 2.91. The fraction of sp³-hybridized carbons (Fsp3) is 0.278. The first-order chi connectivity index (χ1) is 11.0. The molecule has 0 aliphatic heterocycles. The van der Waals surface area contributed by atoms with Gasteiger partial charge in [0, 0.05) is 12.5 Å². The van der Waals surface area contributed by atoms with Crippen molar-refractivity contribution in [2.45, 2.75) is 25.4 Å². The van der Waals surface area contributed by atoms with Crippen LogP contribution < -0.4 is 15.8 Å². The van der Waals surface area contributed by atoms with Crippen molar-refractivity contribution in [1.29, 1.82) is 0 Å². The van der Waals surface area contributed by atoms with E-state index < -0.39 is 0 Å². The van der Waals surface area contributed by atoms with Gasteiger partial charge in [0.2, 0.25) is 5.91 Å². The average molecular weight is 414 g/mol. The molecule has 2 unspecified atom stereocenters. The molecule has 0 radical (unpaired) electrons. The van der Waals surface area contributed by atoms with E-state index in [9.17, 15) is 4.79 Å². The molecule has 3 N–H and O–H groups in total. The largest absolute Gasteiger partial charge is 0.496 e. The maximum atomic E-state index is 12.2. The topological polar surface area (TPSA) is 64.3 Å². The van der Waals surface area contributed by atoms with Gasteiger partial charge in [0.05, 0.1) is 17.6 Å². The van der Waals surface area contributed by atoms with Gasteiger partial charge >= 0.3 is 0 Å². The number of carbonyl (C=O) groups is 1. The Morgan fingerprint density at radius 2 is 1.88 bits per heavy atom. The van der Waals surface area contributed by atoms with E-state index in [-0.39, 0.29) is 36.8 Å². The molecule has 0 saturated heterocycles. The molecule has 0 saturated carbocycles. The smallest absolute Gasteiger partial charge is 0.222 e. The Morgan fingerprint density at radius 3 is 2.46 bits per heavy atom. The minimum atomic E-state index is -0.300. The number of rotatable bonds is 6. The normalized spacial score (nSPS) is 12.7. The molecule has 24 heavy (non-hydrogen) atoms. The molecule has 2 rings (SSSR count). The van der Waals surface area contributed by atoms with Gasteiger partial charge in [0.15, 0.2) is 0 Å². The Balaban J connectivity index is 0.00000288. The summed E-state index contributed by atoms with van der Waals surface area (Å²) in [7, 11) is 1.62. The highest BCUT2D eigenvalue weighted by molar-refractivity contribution is 9.10. The third-order valence-corrected chi connectivity index (χ3v) is 4.31. The number of ether oxygens (including phenoxy) is 1. The summed E-state index contributed by atoms with van der Waals surface area (Å²) < 4.78 is 6.07. The van der Waals surface area contributed by atoms with Crippen LogP contribution >= 0.6 is 28.3 Å². The van der Waals surface area contributed by atoms with Crippen LogP contribution in [0.15, 0.2) is 53.0 Å². The molecule has 2 aromatic carbocycles. The van der Waals surface area contributed by atoms with Gasteiger partial charge < -0.3 is 15.8 Å². The number of amides is 1. The number of methoxy groups -OCH3 is 1. The summed E-state index contributed by atoms with van der Waals surface area (Å²) in [4.78, 5) is 12.2. The summed E-state index contributed by atoms with van der Waals surface area (Å²) in [5, 5.41) is 2.98. The number of hydrogen-bond acceptors (Lipinski definition) is 3. The first-order valence-electron chi connectivity index (χ1n) is 7.44. The Bertz CT molecular complexity index is 667. The summed E-state index contributed by atoms with van der Waals surface area (Å²) >= 11 is 3.45. The van der Waals surface area contributed by atoms with Gasteiger partial charge in [0.1, 0.15) is 5.75 Å². The van der Waals surface area contributed by atoms with E-state index in [0.717, 1.165) is 21.3 Å². The lowest BCUT2D eigenvalue weighted by Crippen LogP contribution is -2.29. The van der Waals surface area contributed by atoms with Crippen LogP contribution in [-0.4, -0.2) is 13.0 Å². The monoisotopic (exact) mass is 412 g/mol. The predicted molar refractivity (Wildman–Crippen MR) is 102 cm³/mol. The number of carbonyl (C=O) groups excluding carboxylic acids is 1. The van der Waals surface area contributed by atoms with E-state index in [0.29, 0.717) is 0 Å². The number of nitrogens with two attached hydrogens (primary N) is 1. The molecule has 0 aliphatic rings. The highest BCUT2D eigenvalue weighted by Crippen LogP contribution is 2.28. The third kappa shape index (κ3) is 5.51. The molecule has 2 aromatic rings. The second-order valence-corrected chi connectivity index (χ2v) is 6.26. The maximum absolute atomic E-state index is 12.2. The summed E-state index contributed by atoms with van der Waals surface area (Å²) in [6.45, 7) is 1.94. The summed E-state index contributed by atoms with van der Waals surface area (Å²) in [5.41, 5.74) is 8.05. The second-order valence-electron chi connectivity index (χ2n) is 5.40. The van der Waals surface area contributed by atoms with E-state index >= 15 is 0 Å². The lowest BCUT2D eigenvalue weighted by Gasteiger charge is -2.17. The van der Waals surface area contributed by atoms with Crippen molar-refractivity contribution in [3.8, 4) is 5.75 Å². The average Bonchev–Trinajstić information content (AvgIpc) is 2.55. The van der Waals surface area contributed by atoms with Crippen molar-refractivity contribution in [2.75, 3.05) is 7.11 Å². The van der Waals surface area contributed by atoms with Crippen LogP contribution in [0, 0.1) is 0 Å². The molecule has 4 nitrogen and oxygen atoms in total. The standard InChI is InChI=1S/C18H21BrN2O2.ClH/c1-12(14-8-9-17(23-2)15(19)10-14)21-18(22)11-16(20)13-6-4-3-5-7-13;/h3-10,12,16H,11,20H2,1-2H3,(H,21,22);1H. The van der Waals surface area contributed by atoms with Crippen LogP contribution in [-0.2, 0) is 4.79 Å². The lowest BCUT2D eigenvalue weighted by atomic mass is 10.0. The van der Waals surface area contributed by atoms with Gasteiger partial charge in [-0.15, -0.1) is 12.4 Å². The minimum Gasteiger partial charge on any atom is -0.496 e. The number of halogens is 2. The molecule has 0 spiro atoms. The molecule has 0 fully saturated rings. The highest BCUT2D eigenvalue weighted by Gasteiger charge is 2.15. The molecule has 6 heteroatoms. The van der Waals surface area contributed by atoms with E-state index in [1.165, 1.54) is 0 Å². The Hall–Kier alpha value is -1.56. The molecular weight excluding hydrogens is 392 g/mol. The predicted octanol–water partition coefficient (Wildman–Crippen LogP) is 4.15. The second kappa shape index (κ2) is 9.67. The first kappa shape index (κ1) is 20.5. The van der Waals surface area contributed by atoms with Gasteiger partial charge in [-0.25, -0.2) is 0 Å². The molecule has 130 valence electrons. The van der Waals surface area contributed by atoms with Gasteiger partial charge in [-0.05, 0) is 46.1 Å². The van der Waals surface area contributed by atoms with E-state index in [2.05, 4.69) is 21.2 Å².